The molecule has 0 unspecified atom stereocenters. The van der Waals surface area contributed by atoms with Crippen LogP contribution in [0.25, 0.3) is 11.2 Å². The third-order valence-electron chi connectivity index (χ3n) is 4.00. The van der Waals surface area contributed by atoms with Crippen molar-refractivity contribution < 1.29 is 4.74 Å². The molecule has 0 bridgehead atoms. The largest absolute Gasteiger partial charge is 0.379 e. The van der Waals surface area contributed by atoms with E-state index in [2.05, 4.69) is 39.0 Å². The number of imidazole rings is 1. The van der Waals surface area contributed by atoms with E-state index in [4.69, 9.17) is 4.74 Å². The van der Waals surface area contributed by atoms with Crippen LogP contribution in [0.15, 0.2) is 6.33 Å². The maximum Gasteiger partial charge on any atom is 0.236 e. The molecule has 0 amide bonds. The van der Waals surface area contributed by atoms with E-state index in [0.29, 0.717) is 17.4 Å². The Labute approximate surface area is 141 Å². The van der Waals surface area contributed by atoms with E-state index in [9.17, 15) is 5.26 Å². The summed E-state index contributed by atoms with van der Waals surface area (Å²) >= 11 is 0. The van der Waals surface area contributed by atoms with Crippen LogP contribution in [0.4, 0.5) is 5.82 Å². The van der Waals surface area contributed by atoms with Gasteiger partial charge in [-0.25, -0.2) is 4.98 Å². The molecule has 1 N–H and O–H groups in total. The van der Waals surface area contributed by atoms with Crippen molar-refractivity contribution in [1.29, 1.82) is 5.26 Å². The molecular weight excluding hydrogens is 306 g/mol. The van der Waals surface area contributed by atoms with E-state index < -0.39 is 0 Å². The van der Waals surface area contributed by atoms with Crippen molar-refractivity contribution in [1.82, 2.24) is 24.4 Å². The fraction of sp³-hybridized carbons (Fsp3) is 0.625. The lowest BCUT2D eigenvalue weighted by atomic mass is 10.2. The first kappa shape index (κ1) is 16.6. The van der Waals surface area contributed by atoms with Gasteiger partial charge in [-0.2, -0.15) is 15.2 Å². The topological polar surface area (TPSA) is 91.9 Å². The van der Waals surface area contributed by atoms with Gasteiger partial charge in [0.25, 0.3) is 0 Å². The number of morpholine rings is 1. The predicted octanol–water partition coefficient (Wildman–Crippen LogP) is 1.10. The Bertz CT molecular complexity index is 728. The lowest BCUT2D eigenvalue weighted by molar-refractivity contribution is 0.0365. The number of rotatable bonds is 6. The van der Waals surface area contributed by atoms with Crippen LogP contribution in [-0.4, -0.2) is 63.8 Å². The number of nitriles is 1. The molecule has 24 heavy (non-hydrogen) atoms. The quantitative estimate of drug-likeness (QED) is 0.848. The molecule has 1 aliphatic rings. The second-order valence-electron chi connectivity index (χ2n) is 6.35. The number of ether oxygens (including phenoxy) is 1. The van der Waals surface area contributed by atoms with Gasteiger partial charge in [0.1, 0.15) is 6.07 Å². The monoisotopic (exact) mass is 329 g/mol. The van der Waals surface area contributed by atoms with Crippen LogP contribution in [0.5, 0.6) is 0 Å². The first-order valence-corrected chi connectivity index (χ1v) is 8.34. The summed E-state index contributed by atoms with van der Waals surface area (Å²) in [5.41, 5.74) is 1.43. The van der Waals surface area contributed by atoms with Gasteiger partial charge >= 0.3 is 0 Å². The molecule has 0 atom stereocenters. The van der Waals surface area contributed by atoms with Gasteiger partial charge in [0.2, 0.25) is 5.82 Å². The van der Waals surface area contributed by atoms with E-state index in [-0.39, 0.29) is 5.82 Å². The summed E-state index contributed by atoms with van der Waals surface area (Å²) < 4.78 is 7.37. The lowest BCUT2D eigenvalue weighted by Crippen LogP contribution is -2.38. The van der Waals surface area contributed by atoms with Crippen molar-refractivity contribution in [3.05, 3.63) is 12.2 Å². The van der Waals surface area contributed by atoms with Crippen LogP contribution in [0.3, 0.4) is 0 Å². The highest BCUT2D eigenvalue weighted by atomic mass is 16.5. The Morgan fingerprint density at radius 1 is 1.29 bits per heavy atom. The molecule has 3 heterocycles. The highest BCUT2D eigenvalue weighted by molar-refractivity contribution is 5.83. The van der Waals surface area contributed by atoms with Gasteiger partial charge in [0.05, 0.1) is 19.5 Å². The number of fused-ring (bicyclic) bond motifs is 1. The summed E-state index contributed by atoms with van der Waals surface area (Å²) in [6.45, 7) is 10.2. The summed E-state index contributed by atoms with van der Waals surface area (Å²) in [6.07, 6.45) is 1.78. The molecule has 0 saturated carbocycles. The maximum absolute atomic E-state index is 9.21. The van der Waals surface area contributed by atoms with Gasteiger partial charge in [0.15, 0.2) is 17.0 Å². The zero-order valence-electron chi connectivity index (χ0n) is 14.2. The minimum absolute atomic E-state index is 0.168. The summed E-state index contributed by atoms with van der Waals surface area (Å²) in [7, 11) is 0. The molecule has 1 saturated heterocycles. The van der Waals surface area contributed by atoms with Crippen LogP contribution in [-0.2, 0) is 11.3 Å². The highest BCUT2D eigenvalue weighted by Crippen LogP contribution is 2.19. The fourth-order valence-corrected chi connectivity index (χ4v) is 2.66. The number of nitrogens with one attached hydrogen (secondary N) is 1. The number of anilines is 1. The zero-order valence-corrected chi connectivity index (χ0v) is 14.2. The normalized spacial score (nSPS) is 15.8. The standard InChI is InChI=1S/C16H23N7O/c1-12(2)10-18-15-14-16(21-13(9-17)20-15)23(11-19-14)4-3-22-5-7-24-8-6-22/h11-12H,3-8,10H2,1-2H3,(H,18,20,21). The third kappa shape index (κ3) is 3.80. The van der Waals surface area contributed by atoms with Crippen LogP contribution >= 0.6 is 0 Å². The Morgan fingerprint density at radius 3 is 2.79 bits per heavy atom. The fourth-order valence-electron chi connectivity index (χ4n) is 2.66. The van der Waals surface area contributed by atoms with Crippen LogP contribution in [0.2, 0.25) is 0 Å². The molecule has 2 aromatic rings. The van der Waals surface area contributed by atoms with E-state index in [1.165, 1.54) is 0 Å². The molecule has 2 aromatic heterocycles. The van der Waals surface area contributed by atoms with Crippen molar-refractivity contribution in [2.75, 3.05) is 44.7 Å². The number of nitrogens with zero attached hydrogens (tertiary/aromatic N) is 6. The van der Waals surface area contributed by atoms with Crippen LogP contribution < -0.4 is 5.32 Å². The van der Waals surface area contributed by atoms with Crippen molar-refractivity contribution in [3.8, 4) is 6.07 Å². The van der Waals surface area contributed by atoms with E-state index in [1.807, 2.05) is 10.6 Å². The molecule has 0 radical (unpaired) electrons. The second kappa shape index (κ2) is 7.55. The number of aromatic nitrogens is 4. The van der Waals surface area contributed by atoms with Gasteiger partial charge in [-0.1, -0.05) is 13.8 Å². The second-order valence-corrected chi connectivity index (χ2v) is 6.35. The van der Waals surface area contributed by atoms with Crippen molar-refractivity contribution in [3.63, 3.8) is 0 Å². The molecule has 1 aliphatic heterocycles. The molecule has 3 rings (SSSR count). The van der Waals surface area contributed by atoms with Gasteiger partial charge < -0.3 is 14.6 Å². The number of hydrogen-bond donors (Lipinski definition) is 1. The Kier molecular flexibility index (Phi) is 5.23. The third-order valence-corrected chi connectivity index (χ3v) is 4.00. The molecule has 1 fully saturated rings. The molecule has 0 aromatic carbocycles. The first-order chi connectivity index (χ1) is 11.7. The Morgan fingerprint density at radius 2 is 2.08 bits per heavy atom. The molecular formula is C16H23N7O. The molecule has 8 heteroatoms. The van der Waals surface area contributed by atoms with Crippen LogP contribution in [0, 0.1) is 17.2 Å². The van der Waals surface area contributed by atoms with Crippen molar-refractivity contribution >= 4 is 17.0 Å². The predicted molar refractivity (Wildman–Crippen MR) is 90.6 cm³/mol. The first-order valence-electron chi connectivity index (χ1n) is 8.34. The highest BCUT2D eigenvalue weighted by Gasteiger charge is 2.15. The zero-order chi connectivity index (χ0) is 16.9. The summed E-state index contributed by atoms with van der Waals surface area (Å²) in [6, 6.07) is 2.04. The van der Waals surface area contributed by atoms with E-state index in [1.54, 1.807) is 6.33 Å². The van der Waals surface area contributed by atoms with Crippen molar-refractivity contribution in [2.24, 2.45) is 5.92 Å². The summed E-state index contributed by atoms with van der Waals surface area (Å²) in [5, 5.41) is 12.5. The van der Waals surface area contributed by atoms with Gasteiger partial charge in [-0.05, 0) is 5.92 Å². The van der Waals surface area contributed by atoms with Gasteiger partial charge in [-0.3, -0.25) is 4.90 Å². The van der Waals surface area contributed by atoms with Crippen molar-refractivity contribution in [2.45, 2.75) is 20.4 Å². The van der Waals surface area contributed by atoms with E-state index >= 15 is 0 Å². The minimum Gasteiger partial charge on any atom is -0.379 e. The SMILES string of the molecule is CC(C)CNc1nc(C#N)nc2c1ncn2CCN1CCOCC1. The Hall–Kier alpha value is -2.24. The van der Waals surface area contributed by atoms with E-state index in [0.717, 1.165) is 51.5 Å². The molecule has 0 aliphatic carbocycles. The van der Waals surface area contributed by atoms with Gasteiger partial charge in [0, 0.05) is 32.7 Å². The Balaban J connectivity index is 1.81. The average Bonchev–Trinajstić information content (AvgIpc) is 3.01. The number of hydrogen-bond acceptors (Lipinski definition) is 7. The average molecular weight is 329 g/mol. The lowest BCUT2D eigenvalue weighted by Gasteiger charge is -2.26. The molecule has 0 spiro atoms. The van der Waals surface area contributed by atoms with Crippen LogP contribution in [0.1, 0.15) is 19.7 Å². The molecule has 8 nitrogen and oxygen atoms in total. The minimum atomic E-state index is 0.168. The maximum atomic E-state index is 9.21. The van der Waals surface area contributed by atoms with Gasteiger partial charge in [-0.15, -0.1) is 0 Å². The summed E-state index contributed by atoms with van der Waals surface area (Å²) in [4.78, 5) is 15.4. The smallest absolute Gasteiger partial charge is 0.236 e. The summed E-state index contributed by atoms with van der Waals surface area (Å²) in [5.74, 6) is 1.28. The molecule has 128 valence electrons.